The average Bonchev–Trinajstić information content (AvgIpc) is 2.38. The van der Waals surface area contributed by atoms with Crippen LogP contribution in [0.15, 0.2) is 48.5 Å². The van der Waals surface area contributed by atoms with Gasteiger partial charge in [-0.25, -0.2) is 0 Å². The summed E-state index contributed by atoms with van der Waals surface area (Å²) in [6.07, 6.45) is 1.10. The standard InChI is InChI=1S/C16H19NO/c1-3-11-17-15-9-4-5-10-16(15)18-14-8-6-7-13(2)12-14/h4-10,12,17H,3,11H2,1-2H3. The molecule has 0 aliphatic rings. The summed E-state index contributed by atoms with van der Waals surface area (Å²) in [4.78, 5) is 0. The first-order chi connectivity index (χ1) is 8.79. The molecule has 0 atom stereocenters. The van der Waals surface area contributed by atoms with E-state index in [9.17, 15) is 0 Å². The first-order valence-electron chi connectivity index (χ1n) is 6.37. The molecule has 0 spiro atoms. The van der Waals surface area contributed by atoms with E-state index >= 15 is 0 Å². The summed E-state index contributed by atoms with van der Waals surface area (Å²) in [6.45, 7) is 5.17. The molecule has 0 amide bonds. The zero-order valence-corrected chi connectivity index (χ0v) is 10.9. The molecule has 0 unspecified atom stereocenters. The lowest BCUT2D eigenvalue weighted by molar-refractivity contribution is 0.484. The normalized spacial score (nSPS) is 10.1. The highest BCUT2D eigenvalue weighted by Crippen LogP contribution is 2.29. The van der Waals surface area contributed by atoms with Crippen LogP contribution in [0.1, 0.15) is 18.9 Å². The largest absolute Gasteiger partial charge is 0.455 e. The fourth-order valence-corrected chi connectivity index (χ4v) is 1.77. The van der Waals surface area contributed by atoms with Crippen molar-refractivity contribution in [2.45, 2.75) is 20.3 Å². The quantitative estimate of drug-likeness (QED) is 0.825. The lowest BCUT2D eigenvalue weighted by Gasteiger charge is -2.12. The van der Waals surface area contributed by atoms with Gasteiger partial charge in [0, 0.05) is 6.54 Å². The summed E-state index contributed by atoms with van der Waals surface area (Å²) in [5.74, 6) is 1.75. The maximum absolute atomic E-state index is 5.92. The molecule has 0 heterocycles. The zero-order chi connectivity index (χ0) is 12.8. The van der Waals surface area contributed by atoms with Gasteiger partial charge in [-0.05, 0) is 43.2 Å². The summed E-state index contributed by atoms with van der Waals surface area (Å²) < 4.78 is 5.92. The molecular formula is C16H19NO. The lowest BCUT2D eigenvalue weighted by atomic mass is 10.2. The molecule has 0 bridgehead atoms. The Bertz CT molecular complexity index is 508. The molecule has 0 fully saturated rings. The van der Waals surface area contributed by atoms with E-state index in [4.69, 9.17) is 4.74 Å². The van der Waals surface area contributed by atoms with Gasteiger partial charge in [0.1, 0.15) is 5.75 Å². The van der Waals surface area contributed by atoms with Crippen LogP contribution in [0.3, 0.4) is 0 Å². The van der Waals surface area contributed by atoms with Crippen LogP contribution in [0.4, 0.5) is 5.69 Å². The number of hydrogen-bond donors (Lipinski definition) is 1. The molecule has 0 saturated carbocycles. The smallest absolute Gasteiger partial charge is 0.150 e. The number of ether oxygens (including phenoxy) is 1. The Morgan fingerprint density at radius 1 is 1.06 bits per heavy atom. The van der Waals surface area contributed by atoms with Crippen molar-refractivity contribution in [3.05, 3.63) is 54.1 Å². The number of aryl methyl sites for hydroxylation is 1. The third-order valence-electron chi connectivity index (χ3n) is 2.67. The average molecular weight is 241 g/mol. The van der Waals surface area contributed by atoms with Gasteiger partial charge >= 0.3 is 0 Å². The van der Waals surface area contributed by atoms with Crippen LogP contribution < -0.4 is 10.1 Å². The van der Waals surface area contributed by atoms with E-state index in [-0.39, 0.29) is 0 Å². The van der Waals surface area contributed by atoms with Crippen LogP contribution in [-0.2, 0) is 0 Å². The Morgan fingerprint density at radius 3 is 2.67 bits per heavy atom. The molecule has 0 aliphatic carbocycles. The summed E-state index contributed by atoms with van der Waals surface area (Å²) in [6, 6.07) is 16.1. The Hall–Kier alpha value is -1.96. The molecule has 2 aromatic carbocycles. The summed E-state index contributed by atoms with van der Waals surface area (Å²) in [5.41, 5.74) is 2.24. The predicted octanol–water partition coefficient (Wildman–Crippen LogP) is 4.61. The van der Waals surface area contributed by atoms with Gasteiger partial charge in [-0.2, -0.15) is 0 Å². The van der Waals surface area contributed by atoms with Crippen molar-refractivity contribution in [3.8, 4) is 11.5 Å². The number of nitrogens with one attached hydrogen (secondary N) is 1. The summed E-state index contributed by atoms with van der Waals surface area (Å²) in [5, 5.41) is 3.37. The van der Waals surface area contributed by atoms with Crippen LogP contribution in [0.5, 0.6) is 11.5 Å². The Kier molecular flexibility index (Phi) is 4.24. The molecule has 0 aliphatic heterocycles. The van der Waals surface area contributed by atoms with Crippen LogP contribution >= 0.6 is 0 Å². The fraction of sp³-hybridized carbons (Fsp3) is 0.250. The van der Waals surface area contributed by atoms with E-state index in [0.717, 1.165) is 30.2 Å². The van der Waals surface area contributed by atoms with Crippen molar-refractivity contribution >= 4 is 5.69 Å². The maximum atomic E-state index is 5.92. The highest BCUT2D eigenvalue weighted by atomic mass is 16.5. The minimum atomic E-state index is 0.872. The highest BCUT2D eigenvalue weighted by molar-refractivity contribution is 5.57. The van der Waals surface area contributed by atoms with Gasteiger partial charge in [0.25, 0.3) is 0 Å². The number of para-hydroxylation sites is 2. The summed E-state index contributed by atoms with van der Waals surface area (Å²) >= 11 is 0. The van der Waals surface area contributed by atoms with Gasteiger partial charge in [0.15, 0.2) is 5.75 Å². The maximum Gasteiger partial charge on any atom is 0.150 e. The van der Waals surface area contributed by atoms with Crippen LogP contribution in [0.2, 0.25) is 0 Å². The first kappa shape index (κ1) is 12.5. The third-order valence-corrected chi connectivity index (χ3v) is 2.67. The van der Waals surface area contributed by atoms with Crippen LogP contribution in [-0.4, -0.2) is 6.54 Å². The highest BCUT2D eigenvalue weighted by Gasteiger charge is 2.03. The van der Waals surface area contributed by atoms with Crippen LogP contribution in [0, 0.1) is 6.92 Å². The van der Waals surface area contributed by atoms with Gasteiger partial charge in [-0.3, -0.25) is 0 Å². The van der Waals surface area contributed by atoms with E-state index in [1.165, 1.54) is 5.56 Å². The first-order valence-corrected chi connectivity index (χ1v) is 6.37. The monoisotopic (exact) mass is 241 g/mol. The summed E-state index contributed by atoms with van der Waals surface area (Å²) in [7, 11) is 0. The van der Waals surface area contributed by atoms with Crippen LogP contribution in [0.25, 0.3) is 0 Å². The molecule has 0 radical (unpaired) electrons. The number of rotatable bonds is 5. The molecule has 2 heteroatoms. The number of benzene rings is 2. The topological polar surface area (TPSA) is 21.3 Å². The molecule has 2 nitrogen and oxygen atoms in total. The second-order valence-electron chi connectivity index (χ2n) is 4.34. The zero-order valence-electron chi connectivity index (χ0n) is 10.9. The van der Waals surface area contributed by atoms with Crippen molar-refractivity contribution in [2.24, 2.45) is 0 Å². The predicted molar refractivity (Wildman–Crippen MR) is 76.5 cm³/mol. The van der Waals surface area contributed by atoms with Gasteiger partial charge < -0.3 is 10.1 Å². The van der Waals surface area contributed by atoms with Crippen molar-refractivity contribution < 1.29 is 4.74 Å². The van der Waals surface area contributed by atoms with E-state index in [1.54, 1.807) is 0 Å². The van der Waals surface area contributed by atoms with Gasteiger partial charge in [-0.15, -0.1) is 0 Å². The second-order valence-corrected chi connectivity index (χ2v) is 4.34. The van der Waals surface area contributed by atoms with Gasteiger partial charge in [0.2, 0.25) is 0 Å². The van der Waals surface area contributed by atoms with E-state index < -0.39 is 0 Å². The SMILES string of the molecule is CCCNc1ccccc1Oc1cccc(C)c1. The molecule has 2 rings (SSSR count). The van der Waals surface area contributed by atoms with Crippen molar-refractivity contribution in [1.82, 2.24) is 0 Å². The Labute approximate surface area is 109 Å². The van der Waals surface area contributed by atoms with E-state index in [1.807, 2.05) is 42.5 Å². The molecule has 0 aromatic heterocycles. The van der Waals surface area contributed by atoms with E-state index in [2.05, 4.69) is 25.2 Å². The van der Waals surface area contributed by atoms with Crippen molar-refractivity contribution in [1.29, 1.82) is 0 Å². The lowest BCUT2D eigenvalue weighted by Crippen LogP contribution is -2.01. The molecule has 0 saturated heterocycles. The molecule has 1 N–H and O–H groups in total. The minimum Gasteiger partial charge on any atom is -0.455 e. The molecular weight excluding hydrogens is 222 g/mol. The Morgan fingerprint density at radius 2 is 1.89 bits per heavy atom. The van der Waals surface area contributed by atoms with E-state index in [0.29, 0.717) is 0 Å². The number of anilines is 1. The van der Waals surface area contributed by atoms with Gasteiger partial charge in [0.05, 0.1) is 5.69 Å². The number of hydrogen-bond acceptors (Lipinski definition) is 2. The van der Waals surface area contributed by atoms with Crippen molar-refractivity contribution in [3.63, 3.8) is 0 Å². The molecule has 18 heavy (non-hydrogen) atoms. The Balaban J connectivity index is 2.17. The van der Waals surface area contributed by atoms with Crippen molar-refractivity contribution in [2.75, 3.05) is 11.9 Å². The van der Waals surface area contributed by atoms with Gasteiger partial charge in [-0.1, -0.05) is 31.2 Å². The minimum absolute atomic E-state index is 0.872. The third kappa shape index (κ3) is 3.27. The molecule has 2 aromatic rings. The second kappa shape index (κ2) is 6.10. The fourth-order valence-electron chi connectivity index (χ4n) is 1.77. The molecule has 94 valence electrons.